The van der Waals surface area contributed by atoms with Crippen molar-refractivity contribution in [3.63, 3.8) is 0 Å². The van der Waals surface area contributed by atoms with Crippen molar-refractivity contribution in [2.75, 3.05) is 11.9 Å². The molecule has 0 bridgehead atoms. The number of anilines is 1. The van der Waals surface area contributed by atoms with E-state index in [1.807, 2.05) is 0 Å². The van der Waals surface area contributed by atoms with Crippen LogP contribution in [0.3, 0.4) is 0 Å². The number of nitrogens with two attached hydrogens (primary N) is 1. The molecule has 1 saturated carbocycles. The Morgan fingerprint density at radius 2 is 2.28 bits per heavy atom. The molecule has 0 aliphatic heterocycles. The molecule has 0 aromatic heterocycles. The Kier molecular flexibility index (Phi) is 3.97. The minimum absolute atomic E-state index is 0.0299. The third-order valence-electron chi connectivity index (χ3n) is 3.82. The molecule has 1 aliphatic carbocycles. The van der Waals surface area contributed by atoms with Gasteiger partial charge >= 0.3 is 0 Å². The Morgan fingerprint density at radius 3 is 3.00 bits per heavy atom. The van der Waals surface area contributed by atoms with Gasteiger partial charge in [-0.3, -0.25) is 4.79 Å². The molecular formula is C14H19FN2O. The standard InChI is InChI=1S/C14H19FN2O/c1-9-12(15)6-3-7-13(9)17-14(18)11-5-2-4-10(11)8-16/h3,6-7,10-11H,2,4-5,8,16H2,1H3,(H,17,18)/t10-,11-/m1/s1. The molecule has 4 heteroatoms. The van der Waals surface area contributed by atoms with E-state index < -0.39 is 0 Å². The van der Waals surface area contributed by atoms with Crippen molar-refractivity contribution in [3.8, 4) is 0 Å². The molecule has 0 spiro atoms. The summed E-state index contributed by atoms with van der Waals surface area (Å²) in [7, 11) is 0. The van der Waals surface area contributed by atoms with E-state index in [0.717, 1.165) is 19.3 Å². The Hall–Kier alpha value is -1.42. The summed E-state index contributed by atoms with van der Waals surface area (Å²) < 4.78 is 13.4. The summed E-state index contributed by atoms with van der Waals surface area (Å²) in [5.74, 6) is -0.0946. The summed E-state index contributed by atoms with van der Waals surface area (Å²) in [6.07, 6.45) is 2.93. The topological polar surface area (TPSA) is 55.1 Å². The lowest BCUT2D eigenvalue weighted by molar-refractivity contribution is -0.120. The summed E-state index contributed by atoms with van der Waals surface area (Å²) >= 11 is 0. The Labute approximate surface area is 107 Å². The first kappa shape index (κ1) is 13.0. The summed E-state index contributed by atoms with van der Waals surface area (Å²) in [5, 5.41) is 2.82. The SMILES string of the molecule is Cc1c(F)cccc1NC(=O)[C@@H]1CCC[C@@H]1CN. The fraction of sp³-hybridized carbons (Fsp3) is 0.500. The Bertz CT molecular complexity index is 447. The number of hydrogen-bond acceptors (Lipinski definition) is 2. The number of halogens is 1. The largest absolute Gasteiger partial charge is 0.330 e. The molecule has 98 valence electrons. The van der Waals surface area contributed by atoms with Crippen molar-refractivity contribution in [2.24, 2.45) is 17.6 Å². The van der Waals surface area contributed by atoms with Crippen molar-refractivity contribution >= 4 is 11.6 Å². The molecule has 1 amide bonds. The maximum absolute atomic E-state index is 13.4. The molecule has 18 heavy (non-hydrogen) atoms. The van der Waals surface area contributed by atoms with Crippen molar-refractivity contribution in [1.82, 2.24) is 0 Å². The van der Waals surface area contributed by atoms with Gasteiger partial charge in [-0.25, -0.2) is 4.39 Å². The molecule has 1 aromatic carbocycles. The van der Waals surface area contributed by atoms with E-state index in [1.54, 1.807) is 19.1 Å². The highest BCUT2D eigenvalue weighted by Crippen LogP contribution is 2.32. The summed E-state index contributed by atoms with van der Waals surface area (Å²) in [6, 6.07) is 4.72. The van der Waals surface area contributed by atoms with Crippen LogP contribution in [0.4, 0.5) is 10.1 Å². The van der Waals surface area contributed by atoms with Gasteiger partial charge in [0.05, 0.1) is 0 Å². The molecule has 0 saturated heterocycles. The number of rotatable bonds is 3. The van der Waals surface area contributed by atoms with Gasteiger partial charge in [-0.1, -0.05) is 12.5 Å². The lowest BCUT2D eigenvalue weighted by atomic mass is 9.95. The van der Waals surface area contributed by atoms with E-state index in [2.05, 4.69) is 5.32 Å². The molecule has 1 fully saturated rings. The van der Waals surface area contributed by atoms with Crippen LogP contribution in [0.25, 0.3) is 0 Å². The minimum atomic E-state index is -0.297. The van der Waals surface area contributed by atoms with Gasteiger partial charge in [-0.05, 0) is 44.4 Å². The molecular weight excluding hydrogens is 231 g/mol. The highest BCUT2D eigenvalue weighted by Gasteiger charge is 2.32. The first-order valence-electron chi connectivity index (χ1n) is 6.39. The van der Waals surface area contributed by atoms with Crippen LogP contribution in [-0.4, -0.2) is 12.5 Å². The van der Waals surface area contributed by atoms with Crippen LogP contribution in [0, 0.1) is 24.6 Å². The zero-order valence-electron chi connectivity index (χ0n) is 10.6. The van der Waals surface area contributed by atoms with Gasteiger partial charge in [0.2, 0.25) is 5.91 Å². The van der Waals surface area contributed by atoms with Crippen LogP contribution in [0.1, 0.15) is 24.8 Å². The van der Waals surface area contributed by atoms with Crippen molar-refractivity contribution in [3.05, 3.63) is 29.6 Å². The molecule has 2 rings (SSSR count). The van der Waals surface area contributed by atoms with Crippen molar-refractivity contribution < 1.29 is 9.18 Å². The number of carbonyl (C=O) groups is 1. The molecule has 0 unspecified atom stereocenters. The van der Waals surface area contributed by atoms with Gasteiger partial charge in [0, 0.05) is 17.2 Å². The lowest BCUT2D eigenvalue weighted by Crippen LogP contribution is -2.30. The van der Waals surface area contributed by atoms with E-state index >= 15 is 0 Å². The van der Waals surface area contributed by atoms with E-state index in [9.17, 15) is 9.18 Å². The number of amides is 1. The van der Waals surface area contributed by atoms with Crippen LogP contribution in [0.2, 0.25) is 0 Å². The molecule has 3 N–H and O–H groups in total. The van der Waals surface area contributed by atoms with E-state index in [0.29, 0.717) is 17.8 Å². The first-order chi connectivity index (χ1) is 8.63. The summed E-state index contributed by atoms with van der Waals surface area (Å²) in [4.78, 5) is 12.2. The van der Waals surface area contributed by atoms with E-state index in [4.69, 9.17) is 5.73 Å². The average Bonchev–Trinajstić information content (AvgIpc) is 2.83. The van der Waals surface area contributed by atoms with Crippen LogP contribution in [0.15, 0.2) is 18.2 Å². The number of benzene rings is 1. The second-order valence-electron chi connectivity index (χ2n) is 4.93. The van der Waals surface area contributed by atoms with Crippen molar-refractivity contribution in [1.29, 1.82) is 0 Å². The molecule has 3 nitrogen and oxygen atoms in total. The quantitative estimate of drug-likeness (QED) is 0.865. The molecule has 1 aliphatic rings. The number of carbonyl (C=O) groups excluding carboxylic acids is 1. The molecule has 1 aromatic rings. The predicted octanol–water partition coefficient (Wildman–Crippen LogP) is 2.45. The second-order valence-corrected chi connectivity index (χ2v) is 4.93. The molecule has 0 radical (unpaired) electrons. The first-order valence-corrected chi connectivity index (χ1v) is 6.39. The monoisotopic (exact) mass is 250 g/mol. The predicted molar refractivity (Wildman–Crippen MR) is 69.7 cm³/mol. The minimum Gasteiger partial charge on any atom is -0.330 e. The highest BCUT2D eigenvalue weighted by molar-refractivity contribution is 5.93. The second kappa shape index (κ2) is 5.48. The maximum atomic E-state index is 13.4. The smallest absolute Gasteiger partial charge is 0.227 e. The van der Waals surface area contributed by atoms with Gasteiger partial charge in [-0.2, -0.15) is 0 Å². The van der Waals surface area contributed by atoms with Gasteiger partial charge in [0.25, 0.3) is 0 Å². The average molecular weight is 250 g/mol. The van der Waals surface area contributed by atoms with E-state index in [1.165, 1.54) is 6.07 Å². The van der Waals surface area contributed by atoms with Crippen LogP contribution in [-0.2, 0) is 4.79 Å². The zero-order valence-corrected chi connectivity index (χ0v) is 10.6. The summed E-state index contributed by atoms with van der Waals surface area (Å²) in [6.45, 7) is 2.21. The van der Waals surface area contributed by atoms with Crippen LogP contribution in [0.5, 0.6) is 0 Å². The fourth-order valence-electron chi connectivity index (χ4n) is 2.63. The maximum Gasteiger partial charge on any atom is 0.227 e. The van der Waals surface area contributed by atoms with Gasteiger partial charge < -0.3 is 11.1 Å². The summed E-state index contributed by atoms with van der Waals surface area (Å²) in [5.41, 5.74) is 6.71. The Morgan fingerprint density at radius 1 is 1.50 bits per heavy atom. The molecule has 2 atom stereocenters. The normalized spacial score (nSPS) is 23.1. The van der Waals surface area contributed by atoms with Gasteiger partial charge in [0.15, 0.2) is 0 Å². The zero-order chi connectivity index (χ0) is 13.1. The molecule has 0 heterocycles. The Balaban J connectivity index is 2.09. The fourth-order valence-corrected chi connectivity index (χ4v) is 2.63. The van der Waals surface area contributed by atoms with Gasteiger partial charge in [0.1, 0.15) is 5.82 Å². The van der Waals surface area contributed by atoms with Crippen LogP contribution >= 0.6 is 0 Å². The third kappa shape index (κ3) is 2.53. The van der Waals surface area contributed by atoms with Crippen molar-refractivity contribution in [2.45, 2.75) is 26.2 Å². The van der Waals surface area contributed by atoms with Gasteiger partial charge in [-0.15, -0.1) is 0 Å². The number of hydrogen-bond donors (Lipinski definition) is 2. The third-order valence-corrected chi connectivity index (χ3v) is 3.82. The number of nitrogens with one attached hydrogen (secondary N) is 1. The van der Waals surface area contributed by atoms with E-state index in [-0.39, 0.29) is 23.6 Å². The van der Waals surface area contributed by atoms with Crippen LogP contribution < -0.4 is 11.1 Å². The highest BCUT2D eigenvalue weighted by atomic mass is 19.1. The lowest BCUT2D eigenvalue weighted by Gasteiger charge is -2.18.